The lowest BCUT2D eigenvalue weighted by atomic mass is 9.33. The Morgan fingerprint density at radius 2 is 1.24 bits per heavy atom. The summed E-state index contributed by atoms with van der Waals surface area (Å²) in [5, 5.41) is 4.58. The fraction of sp³-hybridized carbons (Fsp3) is 0.279. The van der Waals surface area contributed by atoms with Crippen LogP contribution in [0, 0.1) is 6.92 Å². The first kappa shape index (κ1) is 39.5. The van der Waals surface area contributed by atoms with Gasteiger partial charge in [0.15, 0.2) is 11.2 Å². The van der Waals surface area contributed by atoms with Crippen molar-refractivity contribution < 1.29 is 8.83 Å². The average Bonchev–Trinajstić information content (AvgIpc) is 4.02. The molecule has 4 aliphatic rings. The molecule has 0 saturated heterocycles. The Bertz CT molecular complexity index is 3810. The molecule has 6 heteroatoms. The lowest BCUT2D eigenvalue weighted by Gasteiger charge is -2.50. The summed E-state index contributed by atoms with van der Waals surface area (Å²) in [6.45, 7) is 21.4. The van der Waals surface area contributed by atoms with E-state index in [1.165, 1.54) is 97.2 Å². The summed E-state index contributed by atoms with van der Waals surface area (Å²) in [6.07, 6.45) is 4.80. The van der Waals surface area contributed by atoms with Crippen LogP contribution in [0.2, 0.25) is 0 Å². The van der Waals surface area contributed by atoms with Gasteiger partial charge in [0.25, 0.3) is 6.71 Å². The van der Waals surface area contributed by atoms with E-state index in [1.807, 2.05) is 0 Å². The lowest BCUT2D eigenvalue weighted by Crippen LogP contribution is -2.60. The maximum atomic E-state index is 6.98. The van der Waals surface area contributed by atoms with Gasteiger partial charge in [-0.3, -0.25) is 0 Å². The summed E-state index contributed by atoms with van der Waals surface area (Å²) in [7, 11) is 0. The van der Waals surface area contributed by atoms with Gasteiger partial charge >= 0.3 is 0 Å². The normalized spacial score (nSPS) is 19.8. The molecule has 2 atom stereocenters. The molecule has 1 saturated carbocycles. The van der Waals surface area contributed by atoms with Gasteiger partial charge in [0.1, 0.15) is 16.7 Å². The van der Waals surface area contributed by atoms with Crippen molar-refractivity contribution in [1.29, 1.82) is 0 Å². The van der Waals surface area contributed by atoms with E-state index >= 15 is 0 Å². The van der Waals surface area contributed by atoms with Crippen LogP contribution in [0.25, 0.3) is 60.6 Å². The molecule has 67 heavy (non-hydrogen) atoms. The van der Waals surface area contributed by atoms with Gasteiger partial charge in [0.05, 0.1) is 16.7 Å². The molecule has 5 nitrogen and oxygen atoms in total. The van der Waals surface area contributed by atoms with Crippen molar-refractivity contribution in [2.24, 2.45) is 0 Å². The SMILES string of the molecule is Cc1cc2c3c(c1)-n1c4c(cc(C(C)(C)C)cc4c4oc5ccccc5c41)B3c1ccc(N3c4ccc(C(C)(C)C)cc4C4(C)CCCCC34C)cc1N2c1cccc2c1oc1ccccc12. The Hall–Kier alpha value is -6.66. The second-order valence-electron chi connectivity index (χ2n) is 22.9. The van der Waals surface area contributed by atoms with Crippen LogP contribution in [0.1, 0.15) is 103 Å². The first-order valence-corrected chi connectivity index (χ1v) is 24.6. The van der Waals surface area contributed by atoms with Crippen molar-refractivity contribution in [3.63, 3.8) is 0 Å². The lowest BCUT2D eigenvalue weighted by molar-refractivity contribution is 0.195. The molecule has 1 fully saturated rings. The van der Waals surface area contributed by atoms with Gasteiger partial charge in [-0.2, -0.15) is 0 Å². The third-order valence-electron chi connectivity index (χ3n) is 17.0. The topological polar surface area (TPSA) is 37.7 Å². The summed E-state index contributed by atoms with van der Waals surface area (Å²) in [5.41, 5.74) is 22.6. The van der Waals surface area contributed by atoms with Crippen molar-refractivity contribution in [3.8, 4) is 5.69 Å². The van der Waals surface area contributed by atoms with Crippen LogP contribution in [-0.4, -0.2) is 16.8 Å². The van der Waals surface area contributed by atoms with Gasteiger partial charge in [-0.05, 0) is 137 Å². The smallest absolute Gasteiger partial charge is 0.252 e. The standard InChI is InChI=1S/C61H56BN3O2/c1-35-29-49-53-50(30-35)64-54-42(57-55(64)41-18-11-13-22-52(41)67-57)31-37(59(5,6)7)33-45(54)62(53)44-25-24-38(34-48(44)63(49)47-20-16-19-40-39-17-10-12-21-51(39)66-56(40)47)65-46-26-23-36(58(2,3)4)32-43(46)60(8)27-14-15-28-61(60,65)9/h10-13,16-26,29-34H,14-15,27-28H2,1-9H3. The monoisotopic (exact) mass is 873 g/mol. The van der Waals surface area contributed by atoms with Crippen LogP contribution in [0.4, 0.5) is 28.4 Å². The summed E-state index contributed by atoms with van der Waals surface area (Å²) in [5.74, 6) is 0. The number of anilines is 5. The summed E-state index contributed by atoms with van der Waals surface area (Å²) >= 11 is 0. The average molecular weight is 874 g/mol. The Morgan fingerprint density at radius 3 is 2.03 bits per heavy atom. The molecule has 0 radical (unpaired) electrons. The molecule has 0 spiro atoms. The van der Waals surface area contributed by atoms with E-state index in [4.69, 9.17) is 8.83 Å². The molecule has 1 aliphatic carbocycles. The van der Waals surface area contributed by atoms with Crippen LogP contribution < -0.4 is 26.2 Å². The molecule has 10 aromatic rings. The van der Waals surface area contributed by atoms with Gasteiger partial charge < -0.3 is 23.2 Å². The number of fused-ring (bicyclic) bond motifs is 15. The van der Waals surface area contributed by atoms with Crippen LogP contribution >= 0.6 is 0 Å². The fourth-order valence-electron chi connectivity index (χ4n) is 13.4. The molecule has 3 aliphatic heterocycles. The first-order chi connectivity index (χ1) is 32.1. The zero-order valence-corrected chi connectivity index (χ0v) is 40.2. The van der Waals surface area contributed by atoms with E-state index in [1.54, 1.807) is 0 Å². The largest absolute Gasteiger partial charge is 0.454 e. The Kier molecular flexibility index (Phi) is 7.58. The molecular weight excluding hydrogens is 818 g/mol. The highest BCUT2D eigenvalue weighted by molar-refractivity contribution is 7.00. The van der Waals surface area contributed by atoms with Crippen molar-refractivity contribution in [2.45, 2.75) is 110 Å². The highest BCUT2D eigenvalue weighted by Gasteiger charge is 2.58. The predicted molar refractivity (Wildman–Crippen MR) is 282 cm³/mol. The Balaban J connectivity index is 1.11. The van der Waals surface area contributed by atoms with Crippen molar-refractivity contribution in [2.75, 3.05) is 9.80 Å². The Morgan fingerprint density at radius 1 is 0.537 bits per heavy atom. The molecule has 0 N–H and O–H groups in total. The third kappa shape index (κ3) is 5.01. The van der Waals surface area contributed by atoms with E-state index in [0.717, 1.165) is 56.1 Å². The van der Waals surface area contributed by atoms with Crippen molar-refractivity contribution in [1.82, 2.24) is 4.57 Å². The van der Waals surface area contributed by atoms with Crippen LogP contribution in [0.5, 0.6) is 0 Å². The molecule has 0 amide bonds. The summed E-state index contributed by atoms with van der Waals surface area (Å²) in [6, 6.07) is 48.5. The summed E-state index contributed by atoms with van der Waals surface area (Å²) < 4.78 is 16.5. The zero-order chi connectivity index (χ0) is 45.7. The molecule has 2 unspecified atom stereocenters. The van der Waals surface area contributed by atoms with Gasteiger partial charge in [-0.15, -0.1) is 0 Å². The number of para-hydroxylation sites is 3. The summed E-state index contributed by atoms with van der Waals surface area (Å²) in [4.78, 5) is 5.33. The fourth-order valence-corrected chi connectivity index (χ4v) is 13.4. The zero-order valence-electron chi connectivity index (χ0n) is 40.2. The maximum absolute atomic E-state index is 6.98. The number of rotatable bonds is 2. The Labute approximate surface area is 393 Å². The van der Waals surface area contributed by atoms with Crippen LogP contribution in [-0.2, 0) is 16.2 Å². The first-order valence-electron chi connectivity index (χ1n) is 24.6. The second kappa shape index (κ2) is 12.9. The minimum absolute atomic E-state index is 0.00474. The van der Waals surface area contributed by atoms with Crippen molar-refractivity contribution in [3.05, 3.63) is 150 Å². The molecule has 330 valence electrons. The maximum Gasteiger partial charge on any atom is 0.252 e. The van der Waals surface area contributed by atoms with E-state index in [-0.39, 0.29) is 28.5 Å². The van der Waals surface area contributed by atoms with Gasteiger partial charge in [-0.1, -0.05) is 128 Å². The van der Waals surface area contributed by atoms with Gasteiger partial charge in [0, 0.05) is 55.4 Å². The highest BCUT2D eigenvalue weighted by atomic mass is 16.3. The van der Waals surface area contributed by atoms with E-state index in [2.05, 4.69) is 204 Å². The number of aromatic nitrogens is 1. The number of benzene rings is 7. The molecule has 7 aromatic carbocycles. The number of furan rings is 2. The molecular formula is C61H56BN3O2. The second-order valence-corrected chi connectivity index (χ2v) is 22.9. The van der Waals surface area contributed by atoms with Gasteiger partial charge in [-0.25, -0.2) is 0 Å². The van der Waals surface area contributed by atoms with Crippen LogP contribution in [0.3, 0.4) is 0 Å². The highest BCUT2D eigenvalue weighted by Crippen LogP contribution is 2.62. The predicted octanol–water partition coefficient (Wildman–Crippen LogP) is 14.7. The number of aryl methyl sites for hydroxylation is 1. The third-order valence-corrected chi connectivity index (χ3v) is 17.0. The molecule has 3 aromatic heterocycles. The van der Waals surface area contributed by atoms with E-state index < -0.39 is 0 Å². The van der Waals surface area contributed by atoms with Crippen molar-refractivity contribution >= 4 is 106 Å². The molecule has 0 bridgehead atoms. The number of hydrogen-bond donors (Lipinski definition) is 0. The quantitative estimate of drug-likeness (QED) is 0.162. The minimum Gasteiger partial charge on any atom is -0.454 e. The number of hydrogen-bond acceptors (Lipinski definition) is 4. The number of nitrogens with zero attached hydrogens (tertiary/aromatic N) is 3. The minimum atomic E-state index is -0.103. The molecule has 6 heterocycles. The molecule has 14 rings (SSSR count). The van der Waals surface area contributed by atoms with Crippen LogP contribution in [0.15, 0.2) is 136 Å². The van der Waals surface area contributed by atoms with E-state index in [0.29, 0.717) is 0 Å². The van der Waals surface area contributed by atoms with E-state index in [9.17, 15) is 0 Å². The van der Waals surface area contributed by atoms with Gasteiger partial charge in [0.2, 0.25) is 0 Å².